The van der Waals surface area contributed by atoms with Crippen LogP contribution in [0.2, 0.25) is 0 Å². The minimum Gasteiger partial charge on any atom is -0.466 e. The van der Waals surface area contributed by atoms with Crippen LogP contribution in [0.3, 0.4) is 0 Å². The Morgan fingerprint density at radius 3 is 2.67 bits per heavy atom. The predicted molar refractivity (Wildman–Crippen MR) is 70.7 cm³/mol. The van der Waals surface area contributed by atoms with E-state index in [1.165, 1.54) is 11.3 Å². The summed E-state index contributed by atoms with van der Waals surface area (Å²) in [4.78, 5) is 25.1. The zero-order valence-corrected chi connectivity index (χ0v) is 11.4. The zero-order valence-electron chi connectivity index (χ0n) is 10.6. The molecule has 1 heterocycles. The summed E-state index contributed by atoms with van der Waals surface area (Å²) < 4.78 is 5.09. The van der Waals surface area contributed by atoms with Crippen LogP contribution in [-0.4, -0.2) is 18.4 Å². The van der Waals surface area contributed by atoms with Crippen LogP contribution >= 0.6 is 11.3 Å². The summed E-state index contributed by atoms with van der Waals surface area (Å²) in [6.45, 7) is 2.19. The Morgan fingerprint density at radius 2 is 2.06 bits per heavy atom. The molecule has 0 N–H and O–H groups in total. The molecule has 0 amide bonds. The largest absolute Gasteiger partial charge is 0.466 e. The van der Waals surface area contributed by atoms with Crippen molar-refractivity contribution in [1.29, 1.82) is 0 Å². The van der Waals surface area contributed by atoms with E-state index in [-0.39, 0.29) is 23.6 Å². The van der Waals surface area contributed by atoms with Crippen molar-refractivity contribution in [1.82, 2.24) is 0 Å². The molecule has 2 atom stereocenters. The molecule has 1 aromatic rings. The molecule has 2 rings (SSSR count). The van der Waals surface area contributed by atoms with Gasteiger partial charge >= 0.3 is 5.97 Å². The first kappa shape index (κ1) is 13.3. The standard InChI is InChI=1S/C14H18O3S/c1-2-17-14(16)11-7-4-3-6-10(11)13(15)12-8-5-9-18-12/h5,8-11H,2-4,6-7H2,1H3. The Balaban J connectivity index is 2.12. The van der Waals surface area contributed by atoms with E-state index in [1.807, 2.05) is 17.5 Å². The van der Waals surface area contributed by atoms with Crippen molar-refractivity contribution < 1.29 is 14.3 Å². The Morgan fingerprint density at radius 1 is 1.33 bits per heavy atom. The quantitative estimate of drug-likeness (QED) is 0.620. The lowest BCUT2D eigenvalue weighted by molar-refractivity contribution is -0.150. The number of carbonyl (C=O) groups excluding carboxylic acids is 2. The van der Waals surface area contributed by atoms with Crippen LogP contribution in [0, 0.1) is 11.8 Å². The third kappa shape index (κ3) is 2.80. The molecule has 1 saturated carbocycles. The van der Waals surface area contributed by atoms with Crippen LogP contribution in [0.4, 0.5) is 0 Å². The van der Waals surface area contributed by atoms with Gasteiger partial charge in [-0.1, -0.05) is 18.9 Å². The van der Waals surface area contributed by atoms with Crippen molar-refractivity contribution in [2.24, 2.45) is 11.8 Å². The van der Waals surface area contributed by atoms with Crippen LogP contribution in [0.1, 0.15) is 42.3 Å². The van der Waals surface area contributed by atoms with Crippen molar-refractivity contribution in [3.05, 3.63) is 22.4 Å². The number of ether oxygens (including phenoxy) is 1. The first-order valence-corrected chi connectivity index (χ1v) is 7.36. The SMILES string of the molecule is CCOC(=O)C1CCCCC1C(=O)c1cccs1. The summed E-state index contributed by atoms with van der Waals surface area (Å²) in [5.74, 6) is -0.514. The van der Waals surface area contributed by atoms with Gasteiger partial charge in [0.05, 0.1) is 17.4 Å². The fraction of sp³-hybridized carbons (Fsp3) is 0.571. The molecule has 4 heteroatoms. The maximum Gasteiger partial charge on any atom is 0.309 e. The lowest BCUT2D eigenvalue weighted by Crippen LogP contribution is -2.33. The maximum absolute atomic E-state index is 12.4. The Bertz CT molecular complexity index is 411. The van der Waals surface area contributed by atoms with Crippen LogP contribution in [0.15, 0.2) is 17.5 Å². The third-order valence-electron chi connectivity index (χ3n) is 3.46. The number of Topliss-reactive ketones (excluding diaryl/α,β-unsaturated/α-hetero) is 1. The number of thiophene rings is 1. The minimum absolute atomic E-state index is 0.114. The molecule has 1 fully saturated rings. The monoisotopic (exact) mass is 266 g/mol. The van der Waals surface area contributed by atoms with E-state index in [9.17, 15) is 9.59 Å². The van der Waals surface area contributed by atoms with Gasteiger partial charge in [0.15, 0.2) is 5.78 Å². The van der Waals surface area contributed by atoms with Gasteiger partial charge in [0.1, 0.15) is 0 Å². The summed E-state index contributed by atoms with van der Waals surface area (Å²) in [7, 11) is 0. The van der Waals surface area contributed by atoms with E-state index in [2.05, 4.69) is 0 Å². The highest BCUT2D eigenvalue weighted by molar-refractivity contribution is 7.12. The highest BCUT2D eigenvalue weighted by Gasteiger charge is 2.37. The molecule has 0 saturated heterocycles. The van der Waals surface area contributed by atoms with E-state index in [0.717, 1.165) is 30.6 Å². The number of ketones is 1. The second-order valence-electron chi connectivity index (χ2n) is 4.59. The summed E-state index contributed by atoms with van der Waals surface area (Å²) in [5, 5.41) is 1.90. The van der Waals surface area contributed by atoms with E-state index >= 15 is 0 Å². The van der Waals surface area contributed by atoms with Crippen LogP contribution < -0.4 is 0 Å². The van der Waals surface area contributed by atoms with Gasteiger partial charge in [-0.15, -0.1) is 11.3 Å². The first-order chi connectivity index (χ1) is 8.74. The van der Waals surface area contributed by atoms with Gasteiger partial charge in [-0.2, -0.15) is 0 Å². The van der Waals surface area contributed by atoms with Gasteiger partial charge in [0.2, 0.25) is 0 Å². The molecule has 1 aliphatic rings. The molecule has 0 bridgehead atoms. The lowest BCUT2D eigenvalue weighted by Gasteiger charge is -2.28. The van der Waals surface area contributed by atoms with Gasteiger partial charge < -0.3 is 4.74 Å². The number of hydrogen-bond acceptors (Lipinski definition) is 4. The van der Waals surface area contributed by atoms with Crippen LogP contribution in [0.25, 0.3) is 0 Å². The molecule has 2 unspecified atom stereocenters. The first-order valence-electron chi connectivity index (χ1n) is 6.48. The summed E-state index contributed by atoms with van der Waals surface area (Å²) in [5.41, 5.74) is 0. The van der Waals surface area contributed by atoms with Crippen LogP contribution in [0.5, 0.6) is 0 Å². The Labute approximate surface area is 111 Å². The van der Waals surface area contributed by atoms with E-state index in [0.29, 0.717) is 6.61 Å². The molecule has 1 aromatic heterocycles. The molecule has 0 spiro atoms. The fourth-order valence-corrected chi connectivity index (χ4v) is 3.31. The Kier molecular flexibility index (Phi) is 4.53. The van der Waals surface area contributed by atoms with Gasteiger partial charge in [0, 0.05) is 5.92 Å². The molecule has 18 heavy (non-hydrogen) atoms. The summed E-state index contributed by atoms with van der Waals surface area (Å²) >= 11 is 1.45. The predicted octanol–water partition coefficient (Wildman–Crippen LogP) is 3.30. The Hall–Kier alpha value is -1.16. The molecule has 3 nitrogen and oxygen atoms in total. The van der Waals surface area contributed by atoms with Gasteiger partial charge in [-0.3, -0.25) is 9.59 Å². The van der Waals surface area contributed by atoms with Gasteiger partial charge in [0.25, 0.3) is 0 Å². The molecule has 0 aliphatic heterocycles. The van der Waals surface area contributed by atoms with Crippen molar-refractivity contribution in [2.45, 2.75) is 32.6 Å². The number of esters is 1. The highest BCUT2D eigenvalue weighted by Crippen LogP contribution is 2.34. The van der Waals surface area contributed by atoms with Crippen molar-refractivity contribution >= 4 is 23.1 Å². The molecular formula is C14H18O3S. The van der Waals surface area contributed by atoms with Crippen LogP contribution in [-0.2, 0) is 9.53 Å². The zero-order chi connectivity index (χ0) is 13.0. The van der Waals surface area contributed by atoms with E-state index in [4.69, 9.17) is 4.74 Å². The van der Waals surface area contributed by atoms with Gasteiger partial charge in [-0.05, 0) is 31.2 Å². The molecule has 0 radical (unpaired) electrons. The van der Waals surface area contributed by atoms with Crippen molar-refractivity contribution in [3.8, 4) is 0 Å². The molecule has 0 aromatic carbocycles. The molecule has 1 aliphatic carbocycles. The van der Waals surface area contributed by atoms with E-state index in [1.54, 1.807) is 6.92 Å². The average molecular weight is 266 g/mol. The summed E-state index contributed by atoms with van der Waals surface area (Å²) in [6.07, 6.45) is 3.62. The number of rotatable bonds is 4. The lowest BCUT2D eigenvalue weighted by atomic mass is 9.76. The van der Waals surface area contributed by atoms with Crippen molar-refractivity contribution in [2.75, 3.05) is 6.61 Å². The van der Waals surface area contributed by atoms with Gasteiger partial charge in [-0.25, -0.2) is 0 Å². The highest BCUT2D eigenvalue weighted by atomic mass is 32.1. The second-order valence-corrected chi connectivity index (χ2v) is 5.54. The topological polar surface area (TPSA) is 43.4 Å². The maximum atomic E-state index is 12.4. The minimum atomic E-state index is -0.242. The van der Waals surface area contributed by atoms with E-state index < -0.39 is 0 Å². The number of hydrogen-bond donors (Lipinski definition) is 0. The third-order valence-corrected chi connectivity index (χ3v) is 4.34. The second kappa shape index (κ2) is 6.14. The molecular weight excluding hydrogens is 248 g/mol. The summed E-state index contributed by atoms with van der Waals surface area (Å²) in [6, 6.07) is 3.71. The smallest absolute Gasteiger partial charge is 0.309 e. The number of carbonyl (C=O) groups is 2. The molecule has 98 valence electrons. The van der Waals surface area contributed by atoms with Crippen molar-refractivity contribution in [3.63, 3.8) is 0 Å². The fourth-order valence-electron chi connectivity index (χ4n) is 2.58. The normalized spacial score (nSPS) is 23.6. The average Bonchev–Trinajstić information content (AvgIpc) is 2.92.